The van der Waals surface area contributed by atoms with Crippen LogP contribution in [0, 0.1) is 0 Å². The van der Waals surface area contributed by atoms with Crippen LogP contribution in [0.1, 0.15) is 16.1 Å². The maximum Gasteiger partial charge on any atom is 0.277 e. The summed E-state index contributed by atoms with van der Waals surface area (Å²) in [6, 6.07) is 15.8. The van der Waals surface area contributed by atoms with Crippen LogP contribution in [0.15, 0.2) is 71.7 Å². The molecule has 5 rings (SSSR count). The molecule has 0 radical (unpaired) electrons. The molecule has 1 amide bonds. The number of aromatic amines is 1. The number of amides is 1. The molecule has 0 aliphatic carbocycles. The molecule has 0 aliphatic rings. The number of hydrogen-bond acceptors (Lipinski definition) is 5. The summed E-state index contributed by atoms with van der Waals surface area (Å²) in [4.78, 5) is 16.0. The van der Waals surface area contributed by atoms with Crippen molar-refractivity contribution in [3.63, 3.8) is 0 Å². The van der Waals surface area contributed by atoms with E-state index in [1.165, 1.54) is 10.9 Å². The summed E-state index contributed by atoms with van der Waals surface area (Å²) in [6.45, 7) is 0.623. The molecule has 4 N–H and O–H groups in total. The van der Waals surface area contributed by atoms with Crippen LogP contribution in [0.25, 0.3) is 22.0 Å². The number of aryl methyl sites for hydroxylation is 2. The van der Waals surface area contributed by atoms with Gasteiger partial charge in [-0.1, -0.05) is 29.5 Å². The van der Waals surface area contributed by atoms with Crippen molar-refractivity contribution in [1.82, 2.24) is 20.0 Å². The fourth-order valence-corrected chi connectivity index (χ4v) is 4.21. The van der Waals surface area contributed by atoms with Gasteiger partial charge in [0.05, 0.1) is 17.6 Å². The molecule has 0 spiro atoms. The Kier molecular flexibility index (Phi) is 4.97. The van der Waals surface area contributed by atoms with Gasteiger partial charge in [-0.2, -0.15) is 11.3 Å². The number of rotatable bonds is 6. The van der Waals surface area contributed by atoms with E-state index in [-0.39, 0.29) is 11.6 Å². The van der Waals surface area contributed by atoms with Gasteiger partial charge < -0.3 is 16.0 Å². The van der Waals surface area contributed by atoms with Crippen LogP contribution < -0.4 is 11.1 Å². The quantitative estimate of drug-likeness (QED) is 0.345. The molecular weight excluding hydrogens is 408 g/mol. The summed E-state index contributed by atoms with van der Waals surface area (Å²) in [5, 5.41) is 16.3. The van der Waals surface area contributed by atoms with Gasteiger partial charge in [0.15, 0.2) is 5.69 Å². The van der Waals surface area contributed by atoms with E-state index in [0.29, 0.717) is 17.9 Å². The second-order valence-electron chi connectivity index (χ2n) is 7.24. The van der Waals surface area contributed by atoms with Crippen molar-refractivity contribution in [1.29, 1.82) is 0 Å². The number of hydrogen-bond donors (Lipinski definition) is 3. The molecule has 3 heterocycles. The van der Waals surface area contributed by atoms with Gasteiger partial charge in [0.2, 0.25) is 0 Å². The van der Waals surface area contributed by atoms with Crippen LogP contribution >= 0.6 is 11.3 Å². The molecular formula is C23H20N6OS. The second-order valence-corrected chi connectivity index (χ2v) is 8.02. The molecule has 3 aromatic heterocycles. The predicted molar refractivity (Wildman–Crippen MR) is 124 cm³/mol. The third-order valence-electron chi connectivity index (χ3n) is 5.21. The lowest BCUT2D eigenvalue weighted by atomic mass is 10.1. The summed E-state index contributed by atoms with van der Waals surface area (Å²) in [5.41, 5.74) is 11.8. The van der Waals surface area contributed by atoms with E-state index in [1.807, 2.05) is 41.9 Å². The highest BCUT2D eigenvalue weighted by molar-refractivity contribution is 7.08. The van der Waals surface area contributed by atoms with Gasteiger partial charge in [0, 0.05) is 23.6 Å². The number of nitrogens with zero attached hydrogens (tertiary/aromatic N) is 3. The van der Waals surface area contributed by atoms with Crippen LogP contribution in [-0.2, 0) is 13.0 Å². The minimum Gasteiger partial charge on any atom is -0.397 e. The summed E-state index contributed by atoms with van der Waals surface area (Å²) >= 11 is 1.62. The van der Waals surface area contributed by atoms with Gasteiger partial charge in [0.1, 0.15) is 0 Å². The van der Waals surface area contributed by atoms with Crippen LogP contribution in [0.3, 0.4) is 0 Å². The van der Waals surface area contributed by atoms with Gasteiger partial charge in [-0.05, 0) is 58.1 Å². The van der Waals surface area contributed by atoms with Crippen LogP contribution in [-0.4, -0.2) is 25.9 Å². The Morgan fingerprint density at radius 1 is 1.16 bits per heavy atom. The number of para-hydroxylation sites is 1. The molecule has 5 aromatic rings. The van der Waals surface area contributed by atoms with Gasteiger partial charge in [-0.3, -0.25) is 9.48 Å². The molecule has 0 saturated carbocycles. The topological polar surface area (TPSA) is 102 Å². The van der Waals surface area contributed by atoms with Crippen molar-refractivity contribution in [2.45, 2.75) is 13.0 Å². The number of nitrogen functional groups attached to an aromatic ring is 1. The number of benzene rings is 2. The second kappa shape index (κ2) is 8.08. The van der Waals surface area contributed by atoms with Crippen molar-refractivity contribution < 1.29 is 4.79 Å². The first-order valence-electron chi connectivity index (χ1n) is 9.86. The predicted octanol–water partition coefficient (Wildman–Crippen LogP) is 4.57. The molecule has 8 heteroatoms. The zero-order valence-corrected chi connectivity index (χ0v) is 17.4. The lowest BCUT2D eigenvalue weighted by molar-refractivity contribution is 0.102. The highest BCUT2D eigenvalue weighted by Gasteiger charge is 2.14. The van der Waals surface area contributed by atoms with Gasteiger partial charge >= 0.3 is 0 Å². The fraction of sp³-hybridized carbons (Fsp3) is 0.0870. The molecule has 154 valence electrons. The minimum atomic E-state index is -0.340. The van der Waals surface area contributed by atoms with E-state index >= 15 is 0 Å². The summed E-state index contributed by atoms with van der Waals surface area (Å²) in [6.07, 6.45) is 4.45. The molecule has 0 atom stereocenters. The Bertz CT molecular complexity index is 1350. The van der Waals surface area contributed by atoms with Crippen molar-refractivity contribution in [3.05, 3.63) is 82.9 Å². The van der Waals surface area contributed by atoms with Gasteiger partial charge in [0.25, 0.3) is 5.91 Å². The summed E-state index contributed by atoms with van der Waals surface area (Å²) < 4.78 is 1.68. The monoisotopic (exact) mass is 428 g/mol. The number of thiophene rings is 1. The standard InChI is InChI=1S/C23H20N6OS/c24-19-6-5-15(17-8-10-31-14-17)11-21(19)26-23(30)22-13-29(28-27-22)9-7-16-12-25-20-4-2-1-3-18(16)20/h1-6,8,10-14,25H,7,9,24H2,(H,26,30). The Morgan fingerprint density at radius 3 is 2.94 bits per heavy atom. The number of carbonyl (C=O) groups is 1. The Balaban J connectivity index is 1.28. The van der Waals surface area contributed by atoms with E-state index < -0.39 is 0 Å². The van der Waals surface area contributed by atoms with Crippen molar-refractivity contribution in [3.8, 4) is 11.1 Å². The fourth-order valence-electron chi connectivity index (χ4n) is 3.54. The van der Waals surface area contributed by atoms with E-state index in [2.05, 4.69) is 38.1 Å². The minimum absolute atomic E-state index is 0.249. The number of nitrogens with two attached hydrogens (primary N) is 1. The Hall–Kier alpha value is -3.91. The number of H-pyrrole nitrogens is 1. The Labute approximate surface area is 182 Å². The maximum absolute atomic E-state index is 12.7. The van der Waals surface area contributed by atoms with Gasteiger partial charge in [-0.25, -0.2) is 0 Å². The van der Waals surface area contributed by atoms with Crippen molar-refractivity contribution in [2.75, 3.05) is 11.1 Å². The average Bonchev–Trinajstić information content (AvgIpc) is 3.54. The Morgan fingerprint density at radius 2 is 2.06 bits per heavy atom. The summed E-state index contributed by atoms with van der Waals surface area (Å²) in [7, 11) is 0. The van der Waals surface area contributed by atoms with E-state index in [1.54, 1.807) is 28.3 Å². The smallest absolute Gasteiger partial charge is 0.277 e. The number of aromatic nitrogens is 4. The van der Waals surface area contributed by atoms with Crippen molar-refractivity contribution >= 4 is 39.5 Å². The lowest BCUT2D eigenvalue weighted by Gasteiger charge is -2.09. The molecule has 2 aromatic carbocycles. The summed E-state index contributed by atoms with van der Waals surface area (Å²) in [5.74, 6) is -0.340. The third kappa shape index (κ3) is 3.93. The first-order valence-corrected chi connectivity index (χ1v) is 10.8. The number of nitrogens with one attached hydrogen (secondary N) is 2. The SMILES string of the molecule is Nc1ccc(-c2ccsc2)cc1NC(=O)c1cn(CCc2c[nH]c3ccccc23)nn1. The molecule has 0 aliphatic heterocycles. The number of anilines is 2. The van der Waals surface area contributed by atoms with Crippen molar-refractivity contribution in [2.24, 2.45) is 0 Å². The zero-order chi connectivity index (χ0) is 21.2. The molecule has 0 saturated heterocycles. The molecule has 0 bridgehead atoms. The molecule has 0 unspecified atom stereocenters. The van der Waals surface area contributed by atoms with Gasteiger partial charge in [-0.15, -0.1) is 5.10 Å². The van der Waals surface area contributed by atoms with Crippen LogP contribution in [0.2, 0.25) is 0 Å². The van der Waals surface area contributed by atoms with Crippen LogP contribution in [0.5, 0.6) is 0 Å². The number of fused-ring (bicyclic) bond motifs is 1. The first kappa shape index (κ1) is 19.1. The third-order valence-corrected chi connectivity index (χ3v) is 5.90. The zero-order valence-electron chi connectivity index (χ0n) is 16.6. The number of carbonyl (C=O) groups excluding carboxylic acids is 1. The van der Waals surface area contributed by atoms with E-state index in [0.717, 1.165) is 23.1 Å². The van der Waals surface area contributed by atoms with E-state index in [9.17, 15) is 4.79 Å². The highest BCUT2D eigenvalue weighted by atomic mass is 32.1. The first-order chi connectivity index (χ1) is 15.2. The van der Waals surface area contributed by atoms with Crippen LogP contribution in [0.4, 0.5) is 11.4 Å². The lowest BCUT2D eigenvalue weighted by Crippen LogP contribution is -2.13. The molecule has 31 heavy (non-hydrogen) atoms. The normalized spacial score (nSPS) is 11.1. The molecule has 7 nitrogen and oxygen atoms in total. The largest absolute Gasteiger partial charge is 0.397 e. The average molecular weight is 429 g/mol. The van der Waals surface area contributed by atoms with E-state index in [4.69, 9.17) is 5.73 Å². The molecule has 0 fully saturated rings. The maximum atomic E-state index is 12.7. The highest BCUT2D eigenvalue weighted by Crippen LogP contribution is 2.29.